The fourth-order valence-electron chi connectivity index (χ4n) is 3.08. The first-order valence-corrected chi connectivity index (χ1v) is 8.99. The van der Waals surface area contributed by atoms with E-state index in [1.807, 2.05) is 18.7 Å². The van der Waals surface area contributed by atoms with Gasteiger partial charge >= 0.3 is 0 Å². The molecule has 1 heterocycles. The fourth-order valence-corrected chi connectivity index (χ4v) is 3.08. The second-order valence-electron chi connectivity index (χ2n) is 6.64. The van der Waals surface area contributed by atoms with Gasteiger partial charge in [-0.2, -0.15) is 5.10 Å². The van der Waals surface area contributed by atoms with E-state index in [1.165, 1.54) is 27.9 Å². The number of aryl methyl sites for hydroxylation is 4. The number of hydrogen-bond acceptors (Lipinski definition) is 2. The molecule has 0 atom stereocenters. The van der Waals surface area contributed by atoms with E-state index in [0.717, 1.165) is 31.2 Å². The van der Waals surface area contributed by atoms with Gasteiger partial charge in [-0.1, -0.05) is 29.3 Å². The van der Waals surface area contributed by atoms with E-state index < -0.39 is 0 Å². The molecule has 1 aromatic heterocycles. The first kappa shape index (κ1) is 22.5. The molecule has 2 rings (SSSR count). The number of aromatic nitrogens is 2. The number of halogens is 1. The van der Waals surface area contributed by atoms with Crippen LogP contribution in [-0.2, 0) is 20.0 Å². The van der Waals surface area contributed by atoms with Crippen LogP contribution in [0.1, 0.15) is 40.6 Å². The molecule has 0 amide bonds. The van der Waals surface area contributed by atoms with E-state index >= 15 is 0 Å². The number of guanidine groups is 1. The van der Waals surface area contributed by atoms with Gasteiger partial charge in [0.2, 0.25) is 0 Å². The Hall–Kier alpha value is -1.57. The first-order valence-electron chi connectivity index (χ1n) is 8.99. The van der Waals surface area contributed by atoms with Crippen LogP contribution < -0.4 is 10.6 Å². The summed E-state index contributed by atoms with van der Waals surface area (Å²) in [5.74, 6) is 0.856. The minimum absolute atomic E-state index is 0. The van der Waals surface area contributed by atoms with Crippen molar-refractivity contribution in [1.29, 1.82) is 0 Å². The Labute approximate surface area is 174 Å². The smallest absolute Gasteiger partial charge is 0.191 e. The van der Waals surface area contributed by atoms with Crippen molar-refractivity contribution in [3.63, 3.8) is 0 Å². The second-order valence-corrected chi connectivity index (χ2v) is 6.64. The van der Waals surface area contributed by atoms with Crippen molar-refractivity contribution in [2.45, 2.75) is 47.6 Å². The summed E-state index contributed by atoms with van der Waals surface area (Å²) in [6.07, 6.45) is 0.984. The minimum Gasteiger partial charge on any atom is -0.357 e. The van der Waals surface area contributed by atoms with Crippen LogP contribution in [-0.4, -0.2) is 28.8 Å². The summed E-state index contributed by atoms with van der Waals surface area (Å²) in [4.78, 5) is 4.73. The van der Waals surface area contributed by atoms with Crippen LogP contribution in [0.25, 0.3) is 0 Å². The van der Waals surface area contributed by atoms with E-state index in [2.05, 4.69) is 61.6 Å². The Bertz CT molecular complexity index is 729. The number of hydrogen-bond donors (Lipinski definition) is 2. The van der Waals surface area contributed by atoms with Crippen molar-refractivity contribution < 1.29 is 0 Å². The van der Waals surface area contributed by atoms with E-state index in [4.69, 9.17) is 4.99 Å². The van der Waals surface area contributed by atoms with Crippen molar-refractivity contribution in [1.82, 2.24) is 20.4 Å². The summed E-state index contributed by atoms with van der Waals surface area (Å²) in [7, 11) is 1.98. The van der Waals surface area contributed by atoms with Crippen molar-refractivity contribution in [3.8, 4) is 0 Å². The van der Waals surface area contributed by atoms with Crippen LogP contribution in [0.5, 0.6) is 0 Å². The molecule has 0 saturated carbocycles. The van der Waals surface area contributed by atoms with Crippen molar-refractivity contribution in [2.24, 2.45) is 12.0 Å². The van der Waals surface area contributed by atoms with E-state index in [1.54, 1.807) is 0 Å². The predicted molar refractivity (Wildman–Crippen MR) is 121 cm³/mol. The monoisotopic (exact) mass is 469 g/mol. The molecule has 2 N–H and O–H groups in total. The third-order valence-electron chi connectivity index (χ3n) is 4.39. The van der Waals surface area contributed by atoms with E-state index in [0.29, 0.717) is 6.54 Å². The summed E-state index contributed by atoms with van der Waals surface area (Å²) in [5, 5.41) is 11.2. The molecule has 144 valence electrons. The maximum atomic E-state index is 4.73. The van der Waals surface area contributed by atoms with Gasteiger partial charge in [-0.25, -0.2) is 4.99 Å². The largest absolute Gasteiger partial charge is 0.357 e. The molecule has 0 bridgehead atoms. The van der Waals surface area contributed by atoms with Crippen molar-refractivity contribution in [3.05, 3.63) is 51.8 Å². The van der Waals surface area contributed by atoms with E-state index in [-0.39, 0.29) is 24.0 Å². The molecule has 26 heavy (non-hydrogen) atoms. The molecule has 0 fully saturated rings. The predicted octanol–water partition coefficient (Wildman–Crippen LogP) is 3.57. The minimum atomic E-state index is 0. The zero-order chi connectivity index (χ0) is 18.4. The molecule has 0 saturated heterocycles. The Kier molecular flexibility index (Phi) is 9.12. The normalized spacial score (nSPS) is 11.2. The third kappa shape index (κ3) is 6.30. The average molecular weight is 469 g/mol. The van der Waals surface area contributed by atoms with Crippen molar-refractivity contribution >= 4 is 29.9 Å². The van der Waals surface area contributed by atoms with Gasteiger partial charge in [0.05, 0.1) is 12.2 Å². The first-order chi connectivity index (χ1) is 11.9. The summed E-state index contributed by atoms with van der Waals surface area (Å²) < 4.78 is 1.92. The molecule has 5 nitrogen and oxygen atoms in total. The molecular formula is C20H32IN5. The Morgan fingerprint density at radius 3 is 2.27 bits per heavy atom. The SMILES string of the molecule is CCNC(=NCc1c(C)nn(C)c1C)NCCc1cc(C)cc(C)c1.I. The summed E-state index contributed by atoms with van der Waals surface area (Å²) >= 11 is 0. The highest BCUT2D eigenvalue weighted by Gasteiger charge is 2.09. The molecular weight excluding hydrogens is 437 g/mol. The second kappa shape index (κ2) is 10.5. The molecule has 0 spiro atoms. The van der Waals surface area contributed by atoms with Gasteiger partial charge in [0.1, 0.15) is 0 Å². The zero-order valence-electron chi connectivity index (χ0n) is 16.8. The molecule has 0 aliphatic carbocycles. The molecule has 0 radical (unpaired) electrons. The van der Waals surface area contributed by atoms with Crippen LogP contribution in [0.3, 0.4) is 0 Å². The number of rotatable bonds is 6. The lowest BCUT2D eigenvalue weighted by molar-refractivity contribution is 0.730. The van der Waals surface area contributed by atoms with Gasteiger partial charge in [-0.15, -0.1) is 24.0 Å². The van der Waals surface area contributed by atoms with E-state index in [9.17, 15) is 0 Å². The van der Waals surface area contributed by atoms with Crippen LogP contribution in [0.15, 0.2) is 23.2 Å². The zero-order valence-corrected chi connectivity index (χ0v) is 19.1. The molecule has 0 aliphatic rings. The van der Waals surface area contributed by atoms with Crippen molar-refractivity contribution in [2.75, 3.05) is 13.1 Å². The maximum absolute atomic E-state index is 4.73. The summed E-state index contributed by atoms with van der Waals surface area (Å²) in [6, 6.07) is 6.71. The lowest BCUT2D eigenvalue weighted by Gasteiger charge is -2.12. The van der Waals surface area contributed by atoms with Crippen LogP contribution in [0.2, 0.25) is 0 Å². The Balaban J connectivity index is 0.00000338. The molecule has 0 aliphatic heterocycles. The standard InChI is InChI=1S/C20H31N5.HI/c1-7-21-20(23-13-19-16(4)24-25(6)17(19)5)22-9-8-18-11-14(2)10-15(3)12-18;/h10-12H,7-9,13H2,1-6H3,(H2,21,22,23);1H. The van der Waals surface area contributed by atoms with Gasteiger partial charge in [0, 0.05) is 31.4 Å². The lowest BCUT2D eigenvalue weighted by atomic mass is 10.1. The number of benzene rings is 1. The van der Waals surface area contributed by atoms with Gasteiger partial charge in [0.15, 0.2) is 5.96 Å². The van der Waals surface area contributed by atoms with Crippen LogP contribution in [0.4, 0.5) is 0 Å². The summed E-state index contributed by atoms with van der Waals surface area (Å²) in [6.45, 7) is 12.9. The van der Waals surface area contributed by atoms with Gasteiger partial charge in [-0.05, 0) is 46.6 Å². The van der Waals surface area contributed by atoms with Crippen LogP contribution >= 0.6 is 24.0 Å². The highest BCUT2D eigenvalue weighted by Crippen LogP contribution is 2.13. The highest BCUT2D eigenvalue weighted by atomic mass is 127. The average Bonchev–Trinajstić information content (AvgIpc) is 2.77. The highest BCUT2D eigenvalue weighted by molar-refractivity contribution is 14.0. The molecule has 1 aromatic carbocycles. The number of nitrogens with one attached hydrogen (secondary N) is 2. The third-order valence-corrected chi connectivity index (χ3v) is 4.39. The van der Waals surface area contributed by atoms with Gasteiger partial charge in [0.25, 0.3) is 0 Å². The quantitative estimate of drug-likeness (QED) is 0.387. The van der Waals surface area contributed by atoms with Gasteiger partial charge in [-0.3, -0.25) is 4.68 Å². The summed E-state index contributed by atoms with van der Waals surface area (Å²) in [5.41, 5.74) is 7.42. The Morgan fingerprint density at radius 2 is 1.73 bits per heavy atom. The lowest BCUT2D eigenvalue weighted by Crippen LogP contribution is -2.38. The van der Waals surface area contributed by atoms with Crippen LogP contribution in [0, 0.1) is 27.7 Å². The number of aliphatic imine (C=N–C) groups is 1. The molecule has 0 unspecified atom stereocenters. The molecule has 2 aromatic rings. The maximum Gasteiger partial charge on any atom is 0.191 e. The van der Waals surface area contributed by atoms with Gasteiger partial charge < -0.3 is 10.6 Å². The Morgan fingerprint density at radius 1 is 1.08 bits per heavy atom. The fraction of sp³-hybridized carbons (Fsp3) is 0.500. The topological polar surface area (TPSA) is 54.2 Å². The molecule has 6 heteroatoms. The number of nitrogens with zero attached hydrogens (tertiary/aromatic N) is 3.